The van der Waals surface area contributed by atoms with E-state index in [-0.39, 0.29) is 0 Å². The van der Waals surface area contributed by atoms with Crippen molar-refractivity contribution in [2.75, 3.05) is 13.2 Å². The highest BCUT2D eigenvalue weighted by Gasteiger charge is 2.45. The summed E-state index contributed by atoms with van der Waals surface area (Å²) in [5, 5.41) is 0. The van der Waals surface area contributed by atoms with Crippen LogP contribution in [-0.2, 0) is 8.85 Å². The molecule has 0 aliphatic heterocycles. The summed E-state index contributed by atoms with van der Waals surface area (Å²) in [4.78, 5) is 0. The van der Waals surface area contributed by atoms with Crippen LogP contribution in [0.5, 0.6) is 0 Å². The largest absolute Gasteiger partial charge is 0.394 e. The lowest BCUT2D eigenvalue weighted by molar-refractivity contribution is 0.166. The average Bonchev–Trinajstić information content (AvgIpc) is 2.96. The van der Waals surface area contributed by atoms with Gasteiger partial charge in [0.1, 0.15) is 0 Å². The van der Waals surface area contributed by atoms with Gasteiger partial charge in [0.25, 0.3) is 0 Å². The summed E-state index contributed by atoms with van der Waals surface area (Å²) >= 11 is 0. The van der Waals surface area contributed by atoms with Crippen LogP contribution >= 0.6 is 0 Å². The van der Waals surface area contributed by atoms with Gasteiger partial charge in [0.15, 0.2) is 0 Å². The Bertz CT molecular complexity index is 206. The van der Waals surface area contributed by atoms with Gasteiger partial charge in [-0.1, -0.05) is 32.1 Å². The van der Waals surface area contributed by atoms with Crippen LogP contribution in [0.1, 0.15) is 46.0 Å². The molecule has 2 saturated carbocycles. The minimum Gasteiger partial charge on any atom is -0.394 e. The Kier molecular flexibility index (Phi) is 4.45. The van der Waals surface area contributed by atoms with Crippen LogP contribution in [0.2, 0.25) is 12.1 Å². The van der Waals surface area contributed by atoms with Gasteiger partial charge in [-0.25, -0.2) is 0 Å². The van der Waals surface area contributed by atoms with Gasteiger partial charge in [0.2, 0.25) is 0 Å². The Morgan fingerprint density at radius 1 is 0.875 bits per heavy atom. The van der Waals surface area contributed by atoms with Gasteiger partial charge in [0, 0.05) is 13.2 Å². The zero-order valence-corrected chi connectivity index (χ0v) is 11.8. The minimum absolute atomic E-state index is 0.839. The van der Waals surface area contributed by atoms with E-state index in [9.17, 15) is 0 Å². The molecule has 0 radical (unpaired) electrons. The van der Waals surface area contributed by atoms with Crippen LogP contribution in [0.4, 0.5) is 0 Å². The van der Waals surface area contributed by atoms with Gasteiger partial charge >= 0.3 is 8.56 Å². The molecule has 0 aromatic rings. The minimum atomic E-state index is -1.83. The van der Waals surface area contributed by atoms with Crippen LogP contribution in [0.3, 0.4) is 0 Å². The van der Waals surface area contributed by atoms with E-state index < -0.39 is 8.56 Å². The first-order valence-corrected chi connectivity index (χ1v) is 9.29. The van der Waals surface area contributed by atoms with E-state index in [2.05, 4.69) is 13.8 Å². The molecular formula is C13H26O2Si. The third kappa shape index (κ3) is 3.31. The fraction of sp³-hybridized carbons (Fsp3) is 1.00. The Labute approximate surface area is 101 Å². The van der Waals surface area contributed by atoms with Crippen molar-refractivity contribution in [3.63, 3.8) is 0 Å². The maximum absolute atomic E-state index is 6.14. The Morgan fingerprint density at radius 2 is 1.38 bits per heavy atom. The van der Waals surface area contributed by atoms with Crippen molar-refractivity contribution < 1.29 is 8.85 Å². The quantitative estimate of drug-likeness (QED) is 0.604. The highest BCUT2D eigenvalue weighted by molar-refractivity contribution is 6.67. The Hall–Kier alpha value is 0.137. The van der Waals surface area contributed by atoms with E-state index in [4.69, 9.17) is 8.85 Å². The number of rotatable bonds is 8. The zero-order chi connectivity index (χ0) is 11.4. The summed E-state index contributed by atoms with van der Waals surface area (Å²) in [6.07, 6.45) is 7.09. The highest BCUT2D eigenvalue weighted by Crippen LogP contribution is 2.43. The fourth-order valence-corrected chi connectivity index (χ4v) is 7.13. The molecule has 2 fully saturated rings. The van der Waals surface area contributed by atoms with E-state index in [0.717, 1.165) is 25.0 Å². The second-order valence-electron chi connectivity index (χ2n) is 5.43. The van der Waals surface area contributed by atoms with E-state index in [1.807, 2.05) is 0 Å². The van der Waals surface area contributed by atoms with E-state index in [1.54, 1.807) is 0 Å². The first-order valence-electron chi connectivity index (χ1n) is 7.06. The number of hydrogen-bond donors (Lipinski definition) is 0. The Balaban J connectivity index is 1.92. The summed E-state index contributed by atoms with van der Waals surface area (Å²) in [5.74, 6) is 1.85. The molecule has 16 heavy (non-hydrogen) atoms. The van der Waals surface area contributed by atoms with Crippen LogP contribution in [-0.4, -0.2) is 21.8 Å². The van der Waals surface area contributed by atoms with Crippen molar-refractivity contribution in [2.24, 2.45) is 11.8 Å². The van der Waals surface area contributed by atoms with Crippen molar-refractivity contribution in [3.05, 3.63) is 0 Å². The summed E-state index contributed by atoms with van der Waals surface area (Å²) in [7, 11) is -1.83. The molecular weight excluding hydrogens is 216 g/mol. The molecule has 0 spiro atoms. The van der Waals surface area contributed by atoms with Gasteiger partial charge in [-0.3, -0.25) is 0 Å². The fourth-order valence-electron chi connectivity index (χ4n) is 2.79. The van der Waals surface area contributed by atoms with Crippen LogP contribution in [0.15, 0.2) is 0 Å². The molecule has 0 N–H and O–H groups in total. The van der Waals surface area contributed by atoms with Gasteiger partial charge in [-0.15, -0.1) is 0 Å². The molecule has 0 aromatic carbocycles. The Morgan fingerprint density at radius 3 is 1.69 bits per heavy atom. The third-order valence-corrected chi connectivity index (χ3v) is 7.96. The van der Waals surface area contributed by atoms with Gasteiger partial charge < -0.3 is 8.85 Å². The highest BCUT2D eigenvalue weighted by atomic mass is 28.4. The van der Waals surface area contributed by atoms with Gasteiger partial charge in [-0.05, 0) is 37.8 Å². The molecule has 0 heterocycles. The molecule has 0 unspecified atom stereocenters. The second-order valence-corrected chi connectivity index (χ2v) is 8.64. The topological polar surface area (TPSA) is 18.5 Å². The molecule has 0 saturated heterocycles. The number of hydrogen-bond acceptors (Lipinski definition) is 2. The SMILES string of the molecule is CCO[Si](CC1CCC1)(CC1CC1)OCC. The maximum Gasteiger partial charge on any atom is 0.338 e. The normalized spacial score (nSPS) is 22.1. The summed E-state index contributed by atoms with van der Waals surface area (Å²) < 4.78 is 12.3. The maximum atomic E-state index is 6.14. The molecule has 2 aliphatic rings. The molecule has 0 aromatic heterocycles. The first kappa shape index (κ1) is 12.6. The molecule has 2 aliphatic carbocycles. The van der Waals surface area contributed by atoms with Gasteiger partial charge in [0.05, 0.1) is 0 Å². The van der Waals surface area contributed by atoms with Crippen molar-refractivity contribution in [1.29, 1.82) is 0 Å². The monoisotopic (exact) mass is 242 g/mol. The predicted octanol–water partition coefficient (Wildman–Crippen LogP) is 3.71. The van der Waals surface area contributed by atoms with Crippen LogP contribution < -0.4 is 0 Å². The summed E-state index contributed by atoms with van der Waals surface area (Å²) in [6.45, 7) is 5.92. The lowest BCUT2D eigenvalue weighted by Crippen LogP contribution is -2.45. The molecule has 0 amide bonds. The smallest absolute Gasteiger partial charge is 0.338 e. The summed E-state index contributed by atoms with van der Waals surface area (Å²) in [6, 6.07) is 2.54. The molecule has 0 atom stereocenters. The third-order valence-electron chi connectivity index (χ3n) is 3.94. The molecule has 0 bridgehead atoms. The van der Waals surface area contributed by atoms with E-state index >= 15 is 0 Å². The van der Waals surface area contributed by atoms with Crippen molar-refractivity contribution in [3.8, 4) is 0 Å². The van der Waals surface area contributed by atoms with Crippen LogP contribution in [0, 0.1) is 11.8 Å². The molecule has 2 rings (SSSR count). The standard InChI is InChI=1S/C13H26O2Si/c1-3-14-16(15-4-2,11-13-8-9-13)10-12-6-5-7-12/h12-13H,3-11H2,1-2H3. The van der Waals surface area contributed by atoms with E-state index in [1.165, 1.54) is 44.2 Å². The predicted molar refractivity (Wildman–Crippen MR) is 68.7 cm³/mol. The summed E-state index contributed by atoms with van der Waals surface area (Å²) in [5.41, 5.74) is 0. The molecule has 2 nitrogen and oxygen atoms in total. The van der Waals surface area contributed by atoms with Crippen molar-refractivity contribution in [1.82, 2.24) is 0 Å². The second kappa shape index (κ2) is 5.65. The lowest BCUT2D eigenvalue weighted by Gasteiger charge is -2.36. The zero-order valence-electron chi connectivity index (χ0n) is 10.8. The first-order chi connectivity index (χ1) is 7.78. The average molecular weight is 242 g/mol. The van der Waals surface area contributed by atoms with Crippen molar-refractivity contribution in [2.45, 2.75) is 58.0 Å². The molecule has 3 heteroatoms. The van der Waals surface area contributed by atoms with Crippen LogP contribution in [0.25, 0.3) is 0 Å². The molecule has 94 valence electrons. The van der Waals surface area contributed by atoms with Gasteiger partial charge in [-0.2, -0.15) is 0 Å². The van der Waals surface area contributed by atoms with Crippen molar-refractivity contribution >= 4 is 8.56 Å². The van der Waals surface area contributed by atoms with E-state index in [0.29, 0.717) is 0 Å². The lowest BCUT2D eigenvalue weighted by atomic mass is 9.87.